The number of ether oxygens (including phenoxy) is 1. The van der Waals surface area contributed by atoms with Crippen LogP contribution in [-0.2, 0) is 29.0 Å². The number of hydrogen-bond donors (Lipinski definition) is 2. The first-order valence-electron chi connectivity index (χ1n) is 7.88. The van der Waals surface area contributed by atoms with Crippen molar-refractivity contribution in [3.8, 4) is 5.75 Å². The van der Waals surface area contributed by atoms with Crippen molar-refractivity contribution in [2.75, 3.05) is 0 Å². The van der Waals surface area contributed by atoms with Gasteiger partial charge >= 0.3 is 11.9 Å². The summed E-state index contributed by atoms with van der Waals surface area (Å²) in [6, 6.07) is 0. The Morgan fingerprint density at radius 2 is 2.00 bits per heavy atom. The van der Waals surface area contributed by atoms with E-state index in [0.717, 1.165) is 22.3 Å². The molecular formula is C19H22O5. The van der Waals surface area contributed by atoms with Crippen LogP contribution in [0.15, 0.2) is 24.3 Å². The minimum Gasteiger partial charge on any atom is -0.507 e. The standard InChI is InChI=1S/C19H22O5/c1-4-5-13-12(3)15-10-24-19(23)17(15)18(22)14(13)8-6-11(2)7-9-16(20)21/h4,6,22H,1,5,7-10H2,2-3H3,(H,20,21). The Morgan fingerprint density at radius 1 is 1.29 bits per heavy atom. The van der Waals surface area contributed by atoms with Gasteiger partial charge in [-0.1, -0.05) is 17.7 Å². The van der Waals surface area contributed by atoms with Gasteiger partial charge in [-0.25, -0.2) is 4.79 Å². The third kappa shape index (κ3) is 3.50. The highest BCUT2D eigenvalue weighted by Crippen LogP contribution is 2.38. The van der Waals surface area contributed by atoms with Gasteiger partial charge in [0.15, 0.2) is 0 Å². The third-order valence-electron chi connectivity index (χ3n) is 4.38. The van der Waals surface area contributed by atoms with Crippen LogP contribution in [0.2, 0.25) is 0 Å². The maximum atomic E-state index is 11.9. The molecule has 2 N–H and O–H groups in total. The van der Waals surface area contributed by atoms with Crippen molar-refractivity contribution < 1.29 is 24.5 Å². The second-order valence-corrected chi connectivity index (χ2v) is 6.00. The fraction of sp³-hybridized carbons (Fsp3) is 0.368. The van der Waals surface area contributed by atoms with E-state index in [0.29, 0.717) is 24.8 Å². The van der Waals surface area contributed by atoms with E-state index in [-0.39, 0.29) is 24.3 Å². The average molecular weight is 330 g/mol. The van der Waals surface area contributed by atoms with Crippen LogP contribution in [0.4, 0.5) is 0 Å². The van der Waals surface area contributed by atoms with Crippen molar-refractivity contribution in [3.63, 3.8) is 0 Å². The van der Waals surface area contributed by atoms with E-state index in [1.54, 1.807) is 6.08 Å². The number of esters is 1. The minimum absolute atomic E-state index is 0.0303. The highest BCUT2D eigenvalue weighted by Gasteiger charge is 2.30. The molecule has 0 bridgehead atoms. The van der Waals surface area contributed by atoms with Crippen molar-refractivity contribution in [3.05, 3.63) is 52.1 Å². The summed E-state index contributed by atoms with van der Waals surface area (Å²) in [4.78, 5) is 22.5. The number of phenols is 1. The number of phenolic OH excluding ortho intramolecular Hbond substituents is 1. The van der Waals surface area contributed by atoms with Gasteiger partial charge < -0.3 is 14.9 Å². The Hall–Kier alpha value is -2.56. The molecule has 0 aliphatic carbocycles. The van der Waals surface area contributed by atoms with Gasteiger partial charge in [0, 0.05) is 17.5 Å². The van der Waals surface area contributed by atoms with Gasteiger partial charge in [-0.2, -0.15) is 0 Å². The van der Waals surface area contributed by atoms with Gasteiger partial charge in [0.2, 0.25) is 0 Å². The first-order chi connectivity index (χ1) is 11.4. The number of aliphatic carboxylic acids is 1. The van der Waals surface area contributed by atoms with Crippen molar-refractivity contribution in [1.29, 1.82) is 0 Å². The Kier molecular flexibility index (Phi) is 5.44. The lowest BCUT2D eigenvalue weighted by atomic mass is 9.88. The van der Waals surface area contributed by atoms with E-state index < -0.39 is 11.9 Å². The molecule has 0 atom stereocenters. The van der Waals surface area contributed by atoms with E-state index in [2.05, 4.69) is 6.58 Å². The summed E-state index contributed by atoms with van der Waals surface area (Å²) in [6.07, 6.45) is 5.20. The Balaban J connectivity index is 2.41. The highest BCUT2D eigenvalue weighted by molar-refractivity contribution is 5.97. The molecule has 0 radical (unpaired) electrons. The normalized spacial score (nSPS) is 13.6. The first-order valence-corrected chi connectivity index (χ1v) is 7.88. The van der Waals surface area contributed by atoms with E-state index in [1.165, 1.54) is 0 Å². The van der Waals surface area contributed by atoms with Crippen LogP contribution in [-0.4, -0.2) is 22.2 Å². The second kappa shape index (κ2) is 7.34. The summed E-state index contributed by atoms with van der Waals surface area (Å²) >= 11 is 0. The molecule has 1 aliphatic rings. The number of carboxylic acids is 1. The van der Waals surface area contributed by atoms with Crippen molar-refractivity contribution in [1.82, 2.24) is 0 Å². The number of fused-ring (bicyclic) bond motifs is 1. The lowest BCUT2D eigenvalue weighted by Crippen LogP contribution is -2.05. The fourth-order valence-electron chi connectivity index (χ4n) is 2.97. The van der Waals surface area contributed by atoms with Gasteiger partial charge in [0.05, 0.1) is 0 Å². The van der Waals surface area contributed by atoms with Crippen molar-refractivity contribution in [2.45, 2.75) is 46.1 Å². The molecule has 0 spiro atoms. The van der Waals surface area contributed by atoms with Crippen LogP contribution in [0.3, 0.4) is 0 Å². The van der Waals surface area contributed by atoms with Gasteiger partial charge in [-0.3, -0.25) is 4.79 Å². The predicted molar refractivity (Wildman–Crippen MR) is 90.2 cm³/mol. The SMILES string of the molecule is C=CCc1c(C)c2c(c(O)c1CC=C(C)CCC(=O)O)C(=O)OC2. The second-order valence-electron chi connectivity index (χ2n) is 6.00. The van der Waals surface area contributed by atoms with Crippen LogP contribution in [0.5, 0.6) is 5.75 Å². The lowest BCUT2D eigenvalue weighted by Gasteiger charge is -2.16. The molecule has 0 unspecified atom stereocenters. The molecule has 5 nitrogen and oxygen atoms in total. The first kappa shape index (κ1) is 17.8. The number of benzene rings is 1. The van der Waals surface area contributed by atoms with Crippen LogP contribution in [0, 0.1) is 6.92 Å². The zero-order valence-corrected chi connectivity index (χ0v) is 14.0. The van der Waals surface area contributed by atoms with Gasteiger partial charge in [-0.05, 0) is 44.2 Å². The summed E-state index contributed by atoms with van der Waals surface area (Å²) in [5.41, 5.74) is 4.50. The average Bonchev–Trinajstić information content (AvgIpc) is 2.92. The molecule has 1 aromatic carbocycles. The van der Waals surface area contributed by atoms with E-state index in [1.807, 2.05) is 19.9 Å². The molecule has 0 saturated carbocycles. The van der Waals surface area contributed by atoms with Crippen LogP contribution < -0.4 is 0 Å². The van der Waals surface area contributed by atoms with E-state index in [9.17, 15) is 14.7 Å². The zero-order valence-electron chi connectivity index (χ0n) is 14.0. The number of carbonyl (C=O) groups excluding carboxylic acids is 1. The molecule has 1 aromatic rings. The smallest absolute Gasteiger partial charge is 0.342 e. The summed E-state index contributed by atoms with van der Waals surface area (Å²) in [6.45, 7) is 7.73. The molecule has 0 amide bonds. The Morgan fingerprint density at radius 3 is 2.62 bits per heavy atom. The van der Waals surface area contributed by atoms with E-state index in [4.69, 9.17) is 9.84 Å². The minimum atomic E-state index is -0.839. The molecule has 1 aliphatic heterocycles. The molecule has 128 valence electrons. The molecule has 0 saturated heterocycles. The highest BCUT2D eigenvalue weighted by atomic mass is 16.5. The Bertz CT molecular complexity index is 728. The Labute approximate surface area is 141 Å². The quantitative estimate of drug-likeness (QED) is 0.591. The number of cyclic esters (lactones) is 1. The summed E-state index contributed by atoms with van der Waals surface area (Å²) in [7, 11) is 0. The van der Waals surface area contributed by atoms with Crippen LogP contribution in [0.25, 0.3) is 0 Å². The number of carbonyl (C=O) groups is 2. The molecule has 5 heteroatoms. The molecule has 2 rings (SSSR count). The topological polar surface area (TPSA) is 83.8 Å². The summed E-state index contributed by atoms with van der Waals surface area (Å²) in [5.74, 6) is -1.37. The molecule has 0 fully saturated rings. The van der Waals surface area contributed by atoms with Gasteiger partial charge in [-0.15, -0.1) is 6.58 Å². The number of carboxylic acid groups (broad SMARTS) is 1. The monoisotopic (exact) mass is 330 g/mol. The molecular weight excluding hydrogens is 308 g/mol. The van der Waals surface area contributed by atoms with Crippen molar-refractivity contribution in [2.24, 2.45) is 0 Å². The lowest BCUT2D eigenvalue weighted by molar-refractivity contribution is -0.136. The number of aromatic hydroxyl groups is 1. The maximum Gasteiger partial charge on any atom is 0.342 e. The maximum absolute atomic E-state index is 11.9. The number of rotatable bonds is 7. The van der Waals surface area contributed by atoms with Gasteiger partial charge in [0.25, 0.3) is 0 Å². The van der Waals surface area contributed by atoms with Crippen molar-refractivity contribution >= 4 is 11.9 Å². The zero-order chi connectivity index (χ0) is 17.9. The predicted octanol–water partition coefficient (Wildman–Crippen LogP) is 3.45. The third-order valence-corrected chi connectivity index (χ3v) is 4.38. The largest absolute Gasteiger partial charge is 0.507 e. The van der Waals surface area contributed by atoms with Gasteiger partial charge in [0.1, 0.15) is 17.9 Å². The number of allylic oxidation sites excluding steroid dienone is 3. The molecule has 1 heterocycles. The summed E-state index contributed by atoms with van der Waals surface area (Å²) in [5, 5.41) is 19.3. The number of hydrogen-bond acceptors (Lipinski definition) is 4. The van der Waals surface area contributed by atoms with Crippen LogP contribution in [0.1, 0.15) is 52.4 Å². The van der Waals surface area contributed by atoms with Crippen LogP contribution >= 0.6 is 0 Å². The summed E-state index contributed by atoms with van der Waals surface area (Å²) < 4.78 is 5.06. The van der Waals surface area contributed by atoms with E-state index >= 15 is 0 Å². The fourth-order valence-corrected chi connectivity index (χ4v) is 2.97. The molecule has 24 heavy (non-hydrogen) atoms. The molecule has 0 aromatic heterocycles.